The molecule has 4 nitrogen and oxygen atoms in total. The zero-order chi connectivity index (χ0) is 17.8. The van der Waals surface area contributed by atoms with Gasteiger partial charge in [-0.3, -0.25) is 9.59 Å². The van der Waals surface area contributed by atoms with E-state index in [1.807, 2.05) is 18.2 Å². The minimum Gasteiger partial charge on any atom is -0.489 e. The Hall–Kier alpha value is -2.50. The van der Waals surface area contributed by atoms with Crippen molar-refractivity contribution in [3.63, 3.8) is 0 Å². The number of carbonyl (C=O) groups excluding carboxylic acids is 2. The van der Waals surface area contributed by atoms with Gasteiger partial charge in [0.25, 0.3) is 11.1 Å². The van der Waals surface area contributed by atoms with E-state index in [1.165, 1.54) is 0 Å². The van der Waals surface area contributed by atoms with Gasteiger partial charge in [-0.2, -0.15) is 0 Å². The van der Waals surface area contributed by atoms with E-state index in [0.717, 1.165) is 22.2 Å². The van der Waals surface area contributed by atoms with Crippen LogP contribution in [0, 0.1) is 0 Å². The highest BCUT2D eigenvalue weighted by atomic mass is 35.5. The molecule has 2 aromatic rings. The highest BCUT2D eigenvalue weighted by molar-refractivity contribution is 8.19. The Morgan fingerprint density at radius 2 is 1.84 bits per heavy atom. The summed E-state index contributed by atoms with van der Waals surface area (Å²) in [7, 11) is 0. The Morgan fingerprint density at radius 1 is 1.12 bits per heavy atom. The van der Waals surface area contributed by atoms with Crippen molar-refractivity contribution < 1.29 is 14.3 Å². The minimum absolute atomic E-state index is 0.342. The summed E-state index contributed by atoms with van der Waals surface area (Å²) in [5.74, 6) is 0.261. The minimum atomic E-state index is -0.365. The number of thioether (sulfide) groups is 1. The van der Waals surface area contributed by atoms with Crippen molar-refractivity contribution in [2.75, 3.05) is 11.5 Å². The molecule has 1 saturated heterocycles. The molecule has 0 aliphatic carbocycles. The molecule has 0 spiro atoms. The van der Waals surface area contributed by atoms with Crippen molar-refractivity contribution >= 4 is 46.3 Å². The first-order valence-corrected chi connectivity index (χ1v) is 8.66. The summed E-state index contributed by atoms with van der Waals surface area (Å²) in [5.41, 5.74) is 1.22. The molecule has 0 atom stereocenters. The first-order valence-electron chi connectivity index (χ1n) is 7.46. The van der Waals surface area contributed by atoms with Crippen LogP contribution in [0.3, 0.4) is 0 Å². The molecule has 1 fully saturated rings. The summed E-state index contributed by atoms with van der Waals surface area (Å²) >= 11 is 6.76. The molecule has 1 aliphatic rings. The quantitative estimate of drug-likeness (QED) is 0.539. The predicted octanol–water partition coefficient (Wildman–Crippen LogP) is 5.15. The number of rotatable bonds is 5. The zero-order valence-electron chi connectivity index (χ0n) is 13.1. The number of anilines is 1. The fourth-order valence-corrected chi connectivity index (χ4v) is 3.26. The van der Waals surface area contributed by atoms with Crippen LogP contribution in [0.5, 0.6) is 5.75 Å². The van der Waals surface area contributed by atoms with Crippen LogP contribution in [-0.4, -0.2) is 17.8 Å². The van der Waals surface area contributed by atoms with E-state index in [0.29, 0.717) is 28.0 Å². The normalized spacial score (nSPS) is 15.7. The number of carbonyl (C=O) groups is 2. The number of benzene rings is 2. The Bertz CT molecular complexity index is 861. The van der Waals surface area contributed by atoms with Crippen LogP contribution in [0.4, 0.5) is 10.5 Å². The molecule has 1 aliphatic heterocycles. The number of imide groups is 1. The summed E-state index contributed by atoms with van der Waals surface area (Å²) in [6, 6.07) is 13.9. The highest BCUT2D eigenvalue weighted by Gasteiger charge is 2.36. The second-order valence-electron chi connectivity index (χ2n) is 5.13. The van der Waals surface area contributed by atoms with Crippen LogP contribution < -0.4 is 9.64 Å². The number of hydrogen-bond acceptors (Lipinski definition) is 4. The standard InChI is InChI=1S/C19H14ClNO3S/c1-2-11-24-16-6-4-3-5-13(16)12-17-18(22)21(19(23)25-17)15-9-7-14(20)8-10-15/h2-10,12H,1,11H2/b17-12+. The summed E-state index contributed by atoms with van der Waals surface area (Å²) in [6.07, 6.45) is 3.31. The molecule has 0 radical (unpaired) electrons. The lowest BCUT2D eigenvalue weighted by atomic mass is 10.2. The molecule has 2 aromatic carbocycles. The predicted molar refractivity (Wildman–Crippen MR) is 102 cm³/mol. The maximum atomic E-state index is 12.7. The molecule has 0 aromatic heterocycles. The van der Waals surface area contributed by atoms with Gasteiger partial charge in [-0.1, -0.05) is 42.5 Å². The van der Waals surface area contributed by atoms with Gasteiger partial charge in [0, 0.05) is 10.6 Å². The van der Waals surface area contributed by atoms with Crippen molar-refractivity contribution in [3.8, 4) is 5.75 Å². The Labute approximate surface area is 154 Å². The van der Waals surface area contributed by atoms with Crippen LogP contribution in [0.15, 0.2) is 66.1 Å². The summed E-state index contributed by atoms with van der Waals surface area (Å²) in [4.78, 5) is 26.4. The van der Waals surface area contributed by atoms with Gasteiger partial charge in [-0.15, -0.1) is 0 Å². The van der Waals surface area contributed by atoms with Crippen LogP contribution in [0.25, 0.3) is 6.08 Å². The number of halogens is 1. The number of hydrogen-bond donors (Lipinski definition) is 0. The molecular formula is C19H14ClNO3S. The van der Waals surface area contributed by atoms with E-state index >= 15 is 0 Å². The van der Waals surface area contributed by atoms with Crippen LogP contribution in [0.2, 0.25) is 5.02 Å². The number of amides is 2. The van der Waals surface area contributed by atoms with Gasteiger partial charge in [-0.05, 0) is 48.2 Å². The van der Waals surface area contributed by atoms with Crippen molar-refractivity contribution in [2.45, 2.75) is 0 Å². The Kier molecular flexibility index (Phi) is 5.26. The Morgan fingerprint density at radius 3 is 2.56 bits per heavy atom. The van der Waals surface area contributed by atoms with E-state index in [1.54, 1.807) is 42.5 Å². The fourth-order valence-electron chi connectivity index (χ4n) is 2.30. The molecule has 3 rings (SSSR count). The molecule has 126 valence electrons. The van der Waals surface area contributed by atoms with E-state index in [-0.39, 0.29) is 11.1 Å². The van der Waals surface area contributed by atoms with Crippen molar-refractivity contribution in [1.82, 2.24) is 0 Å². The molecule has 25 heavy (non-hydrogen) atoms. The van der Waals surface area contributed by atoms with E-state index in [4.69, 9.17) is 16.3 Å². The third-order valence-corrected chi connectivity index (χ3v) is 4.56. The highest BCUT2D eigenvalue weighted by Crippen LogP contribution is 2.37. The van der Waals surface area contributed by atoms with E-state index in [9.17, 15) is 9.59 Å². The zero-order valence-corrected chi connectivity index (χ0v) is 14.7. The molecule has 6 heteroatoms. The van der Waals surface area contributed by atoms with Crippen molar-refractivity contribution in [1.29, 1.82) is 0 Å². The number of nitrogens with zero attached hydrogens (tertiary/aromatic N) is 1. The number of ether oxygens (including phenoxy) is 1. The van der Waals surface area contributed by atoms with Gasteiger partial charge in [0.2, 0.25) is 0 Å². The van der Waals surface area contributed by atoms with Crippen LogP contribution in [0.1, 0.15) is 5.56 Å². The lowest BCUT2D eigenvalue weighted by molar-refractivity contribution is -0.113. The van der Waals surface area contributed by atoms with Crippen LogP contribution >= 0.6 is 23.4 Å². The average Bonchev–Trinajstić information content (AvgIpc) is 2.89. The summed E-state index contributed by atoms with van der Waals surface area (Å²) in [5, 5.41) is 0.197. The SMILES string of the molecule is C=CCOc1ccccc1/C=C1/SC(=O)N(c2ccc(Cl)cc2)C1=O. The van der Waals surface area contributed by atoms with Gasteiger partial charge < -0.3 is 4.74 Å². The van der Waals surface area contributed by atoms with E-state index < -0.39 is 0 Å². The van der Waals surface area contributed by atoms with Gasteiger partial charge in [-0.25, -0.2) is 4.90 Å². The van der Waals surface area contributed by atoms with Gasteiger partial charge in [0.1, 0.15) is 12.4 Å². The maximum absolute atomic E-state index is 12.7. The molecule has 0 saturated carbocycles. The lowest BCUT2D eigenvalue weighted by Gasteiger charge is -2.12. The summed E-state index contributed by atoms with van der Waals surface area (Å²) < 4.78 is 5.59. The third-order valence-electron chi connectivity index (χ3n) is 3.44. The van der Waals surface area contributed by atoms with Gasteiger partial charge >= 0.3 is 0 Å². The average molecular weight is 372 g/mol. The smallest absolute Gasteiger partial charge is 0.298 e. The molecule has 0 unspecified atom stereocenters. The van der Waals surface area contributed by atoms with Gasteiger partial charge in [0.05, 0.1) is 10.6 Å². The molecule has 0 bridgehead atoms. The third kappa shape index (κ3) is 3.78. The first-order chi connectivity index (χ1) is 12.1. The van der Waals surface area contributed by atoms with Crippen molar-refractivity contribution in [3.05, 3.63) is 76.7 Å². The van der Waals surface area contributed by atoms with E-state index in [2.05, 4.69) is 6.58 Å². The monoisotopic (exact) mass is 371 g/mol. The maximum Gasteiger partial charge on any atom is 0.298 e. The second kappa shape index (κ2) is 7.59. The molecule has 1 heterocycles. The van der Waals surface area contributed by atoms with Crippen LogP contribution in [-0.2, 0) is 4.79 Å². The Balaban J connectivity index is 1.91. The topological polar surface area (TPSA) is 46.6 Å². The largest absolute Gasteiger partial charge is 0.489 e. The first kappa shape index (κ1) is 17.3. The molecule has 2 amide bonds. The summed E-state index contributed by atoms with van der Waals surface area (Å²) in [6.45, 7) is 3.98. The molecular weight excluding hydrogens is 358 g/mol. The van der Waals surface area contributed by atoms with Gasteiger partial charge in [0.15, 0.2) is 0 Å². The lowest BCUT2D eigenvalue weighted by Crippen LogP contribution is -2.27. The van der Waals surface area contributed by atoms with Crippen molar-refractivity contribution in [2.24, 2.45) is 0 Å². The molecule has 0 N–H and O–H groups in total. The fraction of sp³-hybridized carbons (Fsp3) is 0.0526. The number of para-hydroxylation sites is 1. The second-order valence-corrected chi connectivity index (χ2v) is 6.56.